The van der Waals surface area contributed by atoms with Gasteiger partial charge in [0.15, 0.2) is 0 Å². The second kappa shape index (κ2) is 6.58. The summed E-state index contributed by atoms with van der Waals surface area (Å²) in [5.74, 6) is -0.264. The Hall–Kier alpha value is -0.390. The van der Waals surface area contributed by atoms with Crippen molar-refractivity contribution in [3.63, 3.8) is 0 Å². The molecule has 0 radical (unpaired) electrons. The molecule has 0 spiro atoms. The first kappa shape index (κ1) is 16.0. The molecule has 0 aliphatic carbocycles. The van der Waals surface area contributed by atoms with E-state index in [1.807, 2.05) is 32.0 Å². The van der Waals surface area contributed by atoms with Crippen molar-refractivity contribution < 1.29 is 4.39 Å². The second-order valence-corrected chi connectivity index (χ2v) is 7.24. The van der Waals surface area contributed by atoms with Crippen LogP contribution in [-0.2, 0) is 0 Å². The van der Waals surface area contributed by atoms with Crippen molar-refractivity contribution >= 4 is 53.5 Å². The quantitative estimate of drug-likeness (QED) is 0.538. The highest BCUT2D eigenvalue weighted by Gasteiger charge is 2.12. The molecule has 0 aliphatic heterocycles. The third kappa shape index (κ3) is 3.62. The van der Waals surface area contributed by atoms with Crippen LogP contribution >= 0.6 is 47.8 Å². The largest absolute Gasteiger partial charge is 0.378 e. The zero-order chi connectivity index (χ0) is 14.9. The Balaban J connectivity index is 2.27. The minimum absolute atomic E-state index is 0.0664. The summed E-state index contributed by atoms with van der Waals surface area (Å²) in [5.41, 5.74) is 2.92. The highest BCUT2D eigenvalue weighted by molar-refractivity contribution is 9.11. The Bertz CT molecular complexity index is 643. The van der Waals surface area contributed by atoms with E-state index in [0.717, 1.165) is 25.8 Å². The number of hydrogen-bond donors (Lipinski definition) is 1. The van der Waals surface area contributed by atoms with E-state index in [1.54, 1.807) is 6.07 Å². The van der Waals surface area contributed by atoms with Gasteiger partial charge in [-0.15, -0.1) is 0 Å². The van der Waals surface area contributed by atoms with Gasteiger partial charge >= 0.3 is 0 Å². The Labute approximate surface area is 143 Å². The number of nitrogens with one attached hydrogen (secondary N) is 1. The van der Waals surface area contributed by atoms with Gasteiger partial charge < -0.3 is 5.32 Å². The molecule has 0 bridgehead atoms. The second-order valence-electron chi connectivity index (χ2n) is 4.61. The maximum absolute atomic E-state index is 13.6. The smallest absolute Gasteiger partial charge is 0.139 e. The zero-order valence-corrected chi connectivity index (χ0v) is 15.7. The first-order chi connectivity index (χ1) is 9.38. The molecule has 5 heteroatoms. The minimum Gasteiger partial charge on any atom is -0.378 e. The van der Waals surface area contributed by atoms with Crippen LogP contribution in [0.15, 0.2) is 43.7 Å². The lowest BCUT2D eigenvalue weighted by molar-refractivity contribution is 0.620. The summed E-state index contributed by atoms with van der Waals surface area (Å²) in [4.78, 5) is 0. The van der Waals surface area contributed by atoms with Gasteiger partial charge in [0, 0.05) is 20.7 Å². The highest BCUT2D eigenvalue weighted by Crippen LogP contribution is 2.31. The molecule has 1 atom stereocenters. The highest BCUT2D eigenvalue weighted by atomic mass is 79.9. The van der Waals surface area contributed by atoms with Crippen LogP contribution < -0.4 is 5.32 Å². The van der Waals surface area contributed by atoms with E-state index in [9.17, 15) is 4.39 Å². The van der Waals surface area contributed by atoms with E-state index < -0.39 is 0 Å². The number of rotatable bonds is 3. The van der Waals surface area contributed by atoms with Crippen molar-refractivity contribution in [2.45, 2.75) is 19.9 Å². The summed E-state index contributed by atoms with van der Waals surface area (Å²) >= 11 is 10.2. The lowest BCUT2D eigenvalue weighted by Gasteiger charge is -2.19. The van der Waals surface area contributed by atoms with Gasteiger partial charge in [-0.25, -0.2) is 4.39 Å². The van der Waals surface area contributed by atoms with Crippen molar-refractivity contribution in [1.29, 1.82) is 0 Å². The molecule has 0 saturated heterocycles. The van der Waals surface area contributed by atoms with E-state index in [2.05, 4.69) is 53.1 Å². The number of anilines is 1. The van der Waals surface area contributed by atoms with Gasteiger partial charge in [-0.1, -0.05) is 37.9 Å². The monoisotopic (exact) mass is 463 g/mol. The van der Waals surface area contributed by atoms with Crippen molar-refractivity contribution in [2.75, 3.05) is 5.32 Å². The van der Waals surface area contributed by atoms with E-state index in [4.69, 9.17) is 0 Å². The molecule has 20 heavy (non-hydrogen) atoms. The Morgan fingerprint density at radius 3 is 2.40 bits per heavy atom. The third-order valence-electron chi connectivity index (χ3n) is 3.07. The molecule has 2 aromatic carbocycles. The fraction of sp³-hybridized carbons (Fsp3) is 0.200. The predicted molar refractivity (Wildman–Crippen MR) is 92.7 cm³/mol. The average Bonchev–Trinajstić information content (AvgIpc) is 2.35. The molecule has 0 amide bonds. The summed E-state index contributed by atoms with van der Waals surface area (Å²) in [5, 5.41) is 3.35. The lowest BCUT2D eigenvalue weighted by Crippen LogP contribution is -2.08. The summed E-state index contributed by atoms with van der Waals surface area (Å²) < 4.78 is 16.2. The number of halogens is 4. The average molecular weight is 466 g/mol. The van der Waals surface area contributed by atoms with E-state index in [0.29, 0.717) is 4.47 Å². The molecule has 0 aromatic heterocycles. The van der Waals surface area contributed by atoms with Crippen molar-refractivity contribution in [3.8, 4) is 0 Å². The molecule has 0 aliphatic rings. The zero-order valence-electron chi connectivity index (χ0n) is 11.0. The van der Waals surface area contributed by atoms with Crippen LogP contribution in [0, 0.1) is 12.7 Å². The van der Waals surface area contributed by atoms with Crippen LogP contribution in [0.1, 0.15) is 24.1 Å². The van der Waals surface area contributed by atoms with Crippen LogP contribution in [0.5, 0.6) is 0 Å². The van der Waals surface area contributed by atoms with Gasteiger partial charge in [0.1, 0.15) is 5.82 Å². The molecular formula is C15H13Br3FN. The topological polar surface area (TPSA) is 12.0 Å². The fourth-order valence-corrected chi connectivity index (χ4v) is 3.81. The number of hydrogen-bond acceptors (Lipinski definition) is 1. The summed E-state index contributed by atoms with van der Waals surface area (Å²) in [6.45, 7) is 4.00. The minimum atomic E-state index is -0.264. The van der Waals surface area contributed by atoms with Gasteiger partial charge in [0.25, 0.3) is 0 Å². The lowest BCUT2D eigenvalue weighted by atomic mass is 10.1. The molecule has 1 N–H and O–H groups in total. The molecule has 2 aromatic rings. The number of benzene rings is 2. The Kier molecular flexibility index (Phi) is 5.26. The Morgan fingerprint density at radius 1 is 1.05 bits per heavy atom. The van der Waals surface area contributed by atoms with Gasteiger partial charge in [-0.05, 0) is 65.2 Å². The van der Waals surface area contributed by atoms with Crippen LogP contribution in [0.3, 0.4) is 0 Å². The van der Waals surface area contributed by atoms with E-state index in [-0.39, 0.29) is 11.9 Å². The van der Waals surface area contributed by atoms with Crippen LogP contribution in [0.25, 0.3) is 0 Å². The molecule has 0 saturated carbocycles. The van der Waals surface area contributed by atoms with Gasteiger partial charge in [0.2, 0.25) is 0 Å². The molecule has 0 fully saturated rings. The first-order valence-electron chi connectivity index (χ1n) is 6.05. The van der Waals surface area contributed by atoms with Crippen LogP contribution in [0.4, 0.5) is 10.1 Å². The molecule has 1 unspecified atom stereocenters. The molecule has 2 rings (SSSR count). The van der Waals surface area contributed by atoms with Gasteiger partial charge in [-0.2, -0.15) is 0 Å². The molecular weight excluding hydrogens is 453 g/mol. The van der Waals surface area contributed by atoms with Crippen molar-refractivity contribution in [3.05, 3.63) is 60.7 Å². The van der Waals surface area contributed by atoms with E-state index in [1.165, 1.54) is 6.07 Å². The van der Waals surface area contributed by atoms with Gasteiger partial charge in [0.05, 0.1) is 4.47 Å². The van der Waals surface area contributed by atoms with E-state index >= 15 is 0 Å². The summed E-state index contributed by atoms with van der Waals surface area (Å²) in [6.07, 6.45) is 0. The molecule has 106 valence electrons. The maximum atomic E-state index is 13.6. The first-order valence-corrected chi connectivity index (χ1v) is 8.43. The third-order valence-corrected chi connectivity index (χ3v) is 4.86. The normalized spacial score (nSPS) is 12.3. The summed E-state index contributed by atoms with van der Waals surface area (Å²) in [6, 6.07) is 9.40. The molecule has 0 heterocycles. The standard InChI is InChI=1S/C15H13Br3FN/c1-8-5-13(18)14(19)7-15(8)20-9(2)11-4-3-10(16)6-12(11)17/h3-7,9,20H,1-2H3. The van der Waals surface area contributed by atoms with Crippen molar-refractivity contribution in [2.24, 2.45) is 0 Å². The summed E-state index contributed by atoms with van der Waals surface area (Å²) in [7, 11) is 0. The van der Waals surface area contributed by atoms with Gasteiger partial charge in [-0.3, -0.25) is 0 Å². The fourth-order valence-electron chi connectivity index (χ4n) is 1.97. The number of aryl methyl sites for hydroxylation is 1. The predicted octanol–water partition coefficient (Wildman–Crippen LogP) is 6.59. The Morgan fingerprint density at radius 2 is 1.75 bits per heavy atom. The van der Waals surface area contributed by atoms with Crippen molar-refractivity contribution in [1.82, 2.24) is 0 Å². The van der Waals surface area contributed by atoms with Crippen LogP contribution in [0.2, 0.25) is 0 Å². The maximum Gasteiger partial charge on any atom is 0.139 e. The molecule has 1 nitrogen and oxygen atoms in total. The van der Waals surface area contributed by atoms with Crippen LogP contribution in [-0.4, -0.2) is 0 Å². The SMILES string of the molecule is Cc1cc(Br)c(F)cc1NC(C)c1ccc(Br)cc1Br.